The molecule has 6 nitrogen and oxygen atoms in total. The van der Waals surface area contributed by atoms with E-state index in [2.05, 4.69) is 10.3 Å². The molecule has 8 heteroatoms. The number of rotatable bonds is 3. The summed E-state index contributed by atoms with van der Waals surface area (Å²) in [5.41, 5.74) is 0.885. The molecule has 1 unspecified atom stereocenters. The summed E-state index contributed by atoms with van der Waals surface area (Å²) >= 11 is 0. The lowest BCUT2D eigenvalue weighted by Gasteiger charge is -2.35. The first-order valence-corrected chi connectivity index (χ1v) is 8.63. The van der Waals surface area contributed by atoms with Gasteiger partial charge in [0, 0.05) is 32.0 Å². The fourth-order valence-corrected chi connectivity index (χ4v) is 4.66. The molecule has 126 valence electrons. The van der Waals surface area contributed by atoms with Crippen molar-refractivity contribution in [3.05, 3.63) is 47.7 Å². The van der Waals surface area contributed by atoms with Crippen molar-refractivity contribution in [3.63, 3.8) is 0 Å². The summed E-state index contributed by atoms with van der Waals surface area (Å²) in [4.78, 5) is 4.35. The van der Waals surface area contributed by atoms with Crippen molar-refractivity contribution in [1.82, 2.24) is 14.6 Å². The number of nitrogens with zero attached hydrogens (tertiary/aromatic N) is 2. The minimum Gasteiger partial charge on any atom is -0.465 e. The fourth-order valence-electron chi connectivity index (χ4n) is 2.82. The van der Waals surface area contributed by atoms with Gasteiger partial charge in [0.15, 0.2) is 0 Å². The number of piperazine rings is 1. The summed E-state index contributed by atoms with van der Waals surface area (Å²) in [6.07, 6.45) is 3.40. The Bertz CT molecular complexity index is 762. The van der Waals surface area contributed by atoms with Gasteiger partial charge in [0.2, 0.25) is 10.0 Å². The molecule has 3 heterocycles. The Balaban J connectivity index is 0.00000192. The fraction of sp³-hybridized carbons (Fsp3) is 0.400. The van der Waals surface area contributed by atoms with Gasteiger partial charge in [-0.25, -0.2) is 8.42 Å². The molecule has 0 aromatic carbocycles. The maximum Gasteiger partial charge on any atom is 0.247 e. The number of hydrogen-bond acceptors (Lipinski definition) is 5. The number of nitrogens with one attached hydrogen (secondary N) is 1. The lowest BCUT2D eigenvalue weighted by atomic mass is 10.1. The molecule has 0 amide bonds. The SMILES string of the molecule is Cc1cc(S(=O)(=O)N2CCNCC2c2cccnc2)c(C)o1.Cl. The van der Waals surface area contributed by atoms with Crippen LogP contribution in [0.4, 0.5) is 0 Å². The Kier molecular flexibility index (Phi) is 5.46. The molecular formula is C15H20ClN3O3S. The Morgan fingerprint density at radius 3 is 2.78 bits per heavy atom. The smallest absolute Gasteiger partial charge is 0.247 e. The lowest BCUT2D eigenvalue weighted by molar-refractivity contribution is 0.270. The van der Waals surface area contributed by atoms with Gasteiger partial charge in [-0.3, -0.25) is 4.98 Å². The van der Waals surface area contributed by atoms with Gasteiger partial charge in [-0.15, -0.1) is 12.4 Å². The molecule has 1 fully saturated rings. The standard InChI is InChI=1S/C15H19N3O3S.ClH/c1-11-8-15(12(2)21-11)22(19,20)18-7-6-17-10-14(18)13-4-3-5-16-9-13;/h3-5,8-9,14,17H,6-7,10H2,1-2H3;1H. The van der Waals surface area contributed by atoms with Crippen LogP contribution in [0.15, 0.2) is 39.9 Å². The molecule has 1 aliphatic rings. The van der Waals surface area contributed by atoms with Gasteiger partial charge in [0.1, 0.15) is 16.4 Å². The van der Waals surface area contributed by atoms with Gasteiger partial charge in [-0.05, 0) is 31.5 Å². The number of pyridine rings is 1. The molecule has 1 N–H and O–H groups in total. The van der Waals surface area contributed by atoms with E-state index in [4.69, 9.17) is 4.42 Å². The Hall–Kier alpha value is -1.41. The lowest BCUT2D eigenvalue weighted by Crippen LogP contribution is -2.48. The molecule has 23 heavy (non-hydrogen) atoms. The third-order valence-corrected chi connectivity index (χ3v) is 5.86. The van der Waals surface area contributed by atoms with Crippen molar-refractivity contribution in [3.8, 4) is 0 Å². The average molecular weight is 358 g/mol. The Morgan fingerprint density at radius 2 is 2.17 bits per heavy atom. The first-order chi connectivity index (χ1) is 10.5. The van der Waals surface area contributed by atoms with Crippen LogP contribution in [0, 0.1) is 13.8 Å². The van der Waals surface area contributed by atoms with Crippen LogP contribution in [-0.2, 0) is 10.0 Å². The van der Waals surface area contributed by atoms with E-state index in [1.165, 1.54) is 4.31 Å². The second kappa shape index (κ2) is 7.00. The van der Waals surface area contributed by atoms with E-state index in [1.54, 1.807) is 32.3 Å². The van der Waals surface area contributed by atoms with Crippen molar-refractivity contribution < 1.29 is 12.8 Å². The van der Waals surface area contributed by atoms with E-state index in [-0.39, 0.29) is 23.3 Å². The van der Waals surface area contributed by atoms with Crippen LogP contribution in [0.5, 0.6) is 0 Å². The molecule has 2 aromatic heterocycles. The van der Waals surface area contributed by atoms with Crippen LogP contribution in [0.2, 0.25) is 0 Å². The summed E-state index contributed by atoms with van der Waals surface area (Å²) in [6.45, 7) is 5.06. The Labute approximate surface area is 142 Å². The molecule has 0 bridgehead atoms. The minimum atomic E-state index is -3.60. The predicted molar refractivity (Wildman–Crippen MR) is 89.2 cm³/mol. The van der Waals surface area contributed by atoms with E-state index < -0.39 is 10.0 Å². The quantitative estimate of drug-likeness (QED) is 0.909. The molecular weight excluding hydrogens is 338 g/mol. The molecule has 0 saturated carbocycles. The van der Waals surface area contributed by atoms with Crippen LogP contribution in [-0.4, -0.2) is 37.3 Å². The van der Waals surface area contributed by atoms with E-state index in [9.17, 15) is 8.42 Å². The maximum absolute atomic E-state index is 13.0. The van der Waals surface area contributed by atoms with Crippen LogP contribution >= 0.6 is 12.4 Å². The minimum absolute atomic E-state index is 0. The van der Waals surface area contributed by atoms with E-state index in [0.29, 0.717) is 31.2 Å². The zero-order valence-electron chi connectivity index (χ0n) is 13.0. The third kappa shape index (κ3) is 3.42. The first kappa shape index (κ1) is 17.9. The van der Waals surface area contributed by atoms with Crippen molar-refractivity contribution in [2.75, 3.05) is 19.6 Å². The second-order valence-corrected chi connectivity index (χ2v) is 7.26. The topological polar surface area (TPSA) is 75.4 Å². The number of halogens is 1. The number of aromatic nitrogens is 1. The zero-order valence-corrected chi connectivity index (χ0v) is 14.7. The highest BCUT2D eigenvalue weighted by Crippen LogP contribution is 2.31. The van der Waals surface area contributed by atoms with Crippen molar-refractivity contribution >= 4 is 22.4 Å². The molecule has 0 aliphatic carbocycles. The molecule has 1 atom stereocenters. The molecule has 1 saturated heterocycles. The number of furan rings is 1. The van der Waals surface area contributed by atoms with Crippen LogP contribution in [0.3, 0.4) is 0 Å². The van der Waals surface area contributed by atoms with Crippen LogP contribution in [0.1, 0.15) is 23.1 Å². The number of hydrogen-bond donors (Lipinski definition) is 1. The van der Waals surface area contributed by atoms with Gasteiger partial charge in [0.25, 0.3) is 0 Å². The van der Waals surface area contributed by atoms with E-state index in [0.717, 1.165) is 5.56 Å². The second-order valence-electron chi connectivity index (χ2n) is 5.40. The highest BCUT2D eigenvalue weighted by molar-refractivity contribution is 7.89. The largest absolute Gasteiger partial charge is 0.465 e. The number of aryl methyl sites for hydroxylation is 2. The molecule has 0 spiro atoms. The normalized spacial score (nSPS) is 19.3. The van der Waals surface area contributed by atoms with Gasteiger partial charge < -0.3 is 9.73 Å². The number of sulfonamides is 1. The first-order valence-electron chi connectivity index (χ1n) is 7.19. The van der Waals surface area contributed by atoms with Gasteiger partial charge in [-0.2, -0.15) is 4.31 Å². The van der Waals surface area contributed by atoms with Crippen molar-refractivity contribution in [2.45, 2.75) is 24.8 Å². The summed E-state index contributed by atoms with van der Waals surface area (Å²) in [6, 6.07) is 5.05. The van der Waals surface area contributed by atoms with Crippen LogP contribution in [0.25, 0.3) is 0 Å². The maximum atomic E-state index is 13.0. The summed E-state index contributed by atoms with van der Waals surface area (Å²) < 4.78 is 33.0. The van der Waals surface area contributed by atoms with Crippen molar-refractivity contribution in [1.29, 1.82) is 0 Å². The summed E-state index contributed by atoms with van der Waals surface area (Å²) in [5, 5.41) is 3.25. The Morgan fingerprint density at radius 1 is 1.39 bits per heavy atom. The summed E-state index contributed by atoms with van der Waals surface area (Å²) in [5.74, 6) is 1.03. The molecule has 2 aromatic rings. The third-order valence-electron chi connectivity index (χ3n) is 3.85. The van der Waals surface area contributed by atoms with Gasteiger partial charge in [-0.1, -0.05) is 6.07 Å². The average Bonchev–Trinajstić information content (AvgIpc) is 2.87. The molecule has 0 radical (unpaired) electrons. The van der Waals surface area contributed by atoms with Crippen molar-refractivity contribution in [2.24, 2.45) is 0 Å². The monoisotopic (exact) mass is 357 g/mol. The van der Waals surface area contributed by atoms with E-state index in [1.807, 2.05) is 12.1 Å². The molecule has 1 aliphatic heterocycles. The van der Waals surface area contributed by atoms with Gasteiger partial charge >= 0.3 is 0 Å². The van der Waals surface area contributed by atoms with Crippen LogP contribution < -0.4 is 5.32 Å². The van der Waals surface area contributed by atoms with E-state index >= 15 is 0 Å². The highest BCUT2D eigenvalue weighted by Gasteiger charge is 2.36. The predicted octanol–water partition coefficient (Wildman–Crippen LogP) is 2.05. The highest BCUT2D eigenvalue weighted by atomic mass is 35.5. The zero-order chi connectivity index (χ0) is 15.7. The summed E-state index contributed by atoms with van der Waals surface area (Å²) in [7, 11) is -3.60. The molecule has 3 rings (SSSR count). The van der Waals surface area contributed by atoms with Gasteiger partial charge in [0.05, 0.1) is 6.04 Å².